The van der Waals surface area contributed by atoms with Crippen LogP contribution in [0.2, 0.25) is 0 Å². The number of nitro benzene ring substituents is 1. The van der Waals surface area contributed by atoms with E-state index >= 15 is 0 Å². The Morgan fingerprint density at radius 2 is 2.18 bits per heavy atom. The van der Waals surface area contributed by atoms with Crippen LogP contribution in [0.1, 0.15) is 19.4 Å². The third-order valence-electron chi connectivity index (χ3n) is 2.28. The molecule has 90 valence electrons. The van der Waals surface area contributed by atoms with Crippen molar-refractivity contribution >= 4 is 17.4 Å². The first kappa shape index (κ1) is 13.5. The highest BCUT2D eigenvalue weighted by Crippen LogP contribution is 2.33. The molecular weight excluding hydrogens is 240 g/mol. The minimum atomic E-state index is -0.560. The van der Waals surface area contributed by atoms with E-state index in [0.717, 1.165) is 0 Å². The van der Waals surface area contributed by atoms with Gasteiger partial charge in [0.05, 0.1) is 27.6 Å². The summed E-state index contributed by atoms with van der Waals surface area (Å²) in [5, 5.41) is 28.8. The van der Waals surface area contributed by atoms with E-state index in [-0.39, 0.29) is 16.5 Å². The van der Waals surface area contributed by atoms with Gasteiger partial charge in [-0.05, 0) is 19.1 Å². The van der Waals surface area contributed by atoms with Crippen LogP contribution in [0.25, 0.3) is 0 Å². The van der Waals surface area contributed by atoms with Gasteiger partial charge in [0.25, 0.3) is 5.69 Å². The molecule has 0 fully saturated rings. The largest absolute Gasteiger partial charge is 0.392 e. The molecule has 2 atom stereocenters. The molecule has 0 aromatic heterocycles. The van der Waals surface area contributed by atoms with Gasteiger partial charge in [0, 0.05) is 11.3 Å². The number of thioether (sulfide) groups is 1. The number of aliphatic hydroxyl groups is 1. The SMILES string of the molecule is C[C@@H](O)[C@@H](C)Sc1ccc(C#N)cc1[N+](=O)[O-]. The maximum Gasteiger partial charge on any atom is 0.284 e. The summed E-state index contributed by atoms with van der Waals surface area (Å²) < 4.78 is 0. The number of nitrogens with zero attached hydrogens (tertiary/aromatic N) is 2. The van der Waals surface area contributed by atoms with Crippen LogP contribution in [0.4, 0.5) is 5.69 Å². The number of aliphatic hydroxyl groups excluding tert-OH is 1. The Morgan fingerprint density at radius 3 is 2.65 bits per heavy atom. The van der Waals surface area contributed by atoms with Gasteiger partial charge in [-0.2, -0.15) is 5.26 Å². The van der Waals surface area contributed by atoms with Gasteiger partial charge in [-0.1, -0.05) is 6.92 Å². The molecule has 0 heterocycles. The van der Waals surface area contributed by atoms with Crippen molar-refractivity contribution in [3.63, 3.8) is 0 Å². The summed E-state index contributed by atoms with van der Waals surface area (Å²) in [4.78, 5) is 10.8. The first-order valence-corrected chi connectivity index (χ1v) is 5.87. The second-order valence-corrected chi connectivity index (χ2v) is 5.03. The molecule has 0 spiro atoms. The quantitative estimate of drug-likeness (QED) is 0.505. The summed E-state index contributed by atoms with van der Waals surface area (Å²) in [6.45, 7) is 3.42. The monoisotopic (exact) mass is 252 g/mol. The molecule has 0 radical (unpaired) electrons. The zero-order valence-corrected chi connectivity index (χ0v) is 10.3. The lowest BCUT2D eigenvalue weighted by molar-refractivity contribution is -0.387. The molecule has 1 rings (SSSR count). The first-order valence-electron chi connectivity index (χ1n) is 4.99. The number of benzene rings is 1. The fraction of sp³-hybridized carbons (Fsp3) is 0.364. The lowest BCUT2D eigenvalue weighted by Gasteiger charge is -2.13. The van der Waals surface area contributed by atoms with Crippen LogP contribution in [-0.4, -0.2) is 21.4 Å². The molecule has 17 heavy (non-hydrogen) atoms. The number of rotatable bonds is 4. The summed E-state index contributed by atoms with van der Waals surface area (Å²) in [7, 11) is 0. The van der Waals surface area contributed by atoms with Crippen LogP contribution in [0.3, 0.4) is 0 Å². The summed E-state index contributed by atoms with van der Waals surface area (Å²) >= 11 is 1.22. The van der Waals surface area contributed by atoms with E-state index in [1.54, 1.807) is 19.9 Å². The fourth-order valence-corrected chi connectivity index (χ4v) is 2.13. The van der Waals surface area contributed by atoms with Gasteiger partial charge < -0.3 is 5.11 Å². The Hall–Kier alpha value is -1.58. The molecule has 0 bridgehead atoms. The highest BCUT2D eigenvalue weighted by atomic mass is 32.2. The van der Waals surface area contributed by atoms with Crippen LogP contribution in [-0.2, 0) is 0 Å². The number of hydrogen-bond donors (Lipinski definition) is 1. The van der Waals surface area contributed by atoms with Crippen molar-refractivity contribution in [2.45, 2.75) is 30.1 Å². The van der Waals surface area contributed by atoms with E-state index in [9.17, 15) is 15.2 Å². The predicted octanol–water partition coefficient (Wildman–Crippen LogP) is 2.33. The zero-order chi connectivity index (χ0) is 13.0. The predicted molar refractivity (Wildman–Crippen MR) is 64.8 cm³/mol. The summed E-state index contributed by atoms with van der Waals surface area (Å²) in [5.41, 5.74) is 0.160. The average molecular weight is 252 g/mol. The molecule has 6 heteroatoms. The Morgan fingerprint density at radius 1 is 1.53 bits per heavy atom. The molecule has 0 saturated carbocycles. The highest BCUT2D eigenvalue weighted by Gasteiger charge is 2.19. The van der Waals surface area contributed by atoms with Crippen LogP contribution in [0.5, 0.6) is 0 Å². The van der Waals surface area contributed by atoms with Gasteiger partial charge in [0.2, 0.25) is 0 Å². The second kappa shape index (κ2) is 5.66. The summed E-state index contributed by atoms with van der Waals surface area (Å²) in [5.74, 6) is 0. The Bertz CT molecular complexity index is 468. The standard InChI is InChI=1S/C11H12N2O3S/c1-7(14)8(2)17-11-4-3-9(6-12)5-10(11)13(15)16/h3-5,7-8,14H,1-2H3/t7-,8-/m1/s1. The Kier molecular flexibility index (Phi) is 4.49. The molecule has 1 aromatic carbocycles. The number of nitro groups is 1. The van der Waals surface area contributed by atoms with Crippen molar-refractivity contribution in [1.29, 1.82) is 5.26 Å². The van der Waals surface area contributed by atoms with E-state index in [0.29, 0.717) is 4.90 Å². The summed E-state index contributed by atoms with van der Waals surface area (Å²) in [6.07, 6.45) is -0.560. The van der Waals surface area contributed by atoms with Crippen LogP contribution >= 0.6 is 11.8 Å². The maximum absolute atomic E-state index is 10.9. The van der Waals surface area contributed by atoms with Crippen molar-refractivity contribution < 1.29 is 10.0 Å². The molecule has 1 N–H and O–H groups in total. The normalized spacial score (nSPS) is 13.8. The van der Waals surface area contributed by atoms with E-state index in [1.165, 1.54) is 23.9 Å². The lowest BCUT2D eigenvalue weighted by atomic mass is 10.2. The molecule has 0 unspecified atom stereocenters. The van der Waals surface area contributed by atoms with Crippen LogP contribution in [0.15, 0.2) is 23.1 Å². The molecule has 1 aromatic rings. The second-order valence-electron chi connectivity index (χ2n) is 3.61. The molecule has 0 aliphatic rings. The lowest BCUT2D eigenvalue weighted by Crippen LogP contribution is -2.15. The minimum absolute atomic E-state index is 0.0958. The molecular formula is C11H12N2O3S. The van der Waals surface area contributed by atoms with Crippen molar-refractivity contribution in [3.8, 4) is 6.07 Å². The van der Waals surface area contributed by atoms with Crippen LogP contribution < -0.4 is 0 Å². The van der Waals surface area contributed by atoms with Gasteiger partial charge in [0.1, 0.15) is 0 Å². The Labute approximate surface area is 103 Å². The van der Waals surface area contributed by atoms with E-state index < -0.39 is 11.0 Å². The molecule has 0 saturated heterocycles. The van der Waals surface area contributed by atoms with Crippen molar-refractivity contribution in [3.05, 3.63) is 33.9 Å². The average Bonchev–Trinajstić information content (AvgIpc) is 2.29. The van der Waals surface area contributed by atoms with Gasteiger partial charge in [-0.3, -0.25) is 10.1 Å². The molecule has 0 aliphatic heterocycles. The third-order valence-corrected chi connectivity index (χ3v) is 3.64. The minimum Gasteiger partial charge on any atom is -0.392 e. The van der Waals surface area contributed by atoms with E-state index in [4.69, 9.17) is 5.26 Å². The Balaban J connectivity index is 3.08. The topological polar surface area (TPSA) is 87.2 Å². The van der Waals surface area contributed by atoms with E-state index in [2.05, 4.69) is 0 Å². The molecule has 5 nitrogen and oxygen atoms in total. The smallest absolute Gasteiger partial charge is 0.284 e. The van der Waals surface area contributed by atoms with Crippen molar-refractivity contribution in [2.24, 2.45) is 0 Å². The molecule has 0 aliphatic carbocycles. The van der Waals surface area contributed by atoms with Gasteiger partial charge in [-0.25, -0.2) is 0 Å². The zero-order valence-electron chi connectivity index (χ0n) is 9.45. The van der Waals surface area contributed by atoms with Crippen LogP contribution in [0, 0.1) is 21.4 Å². The number of nitriles is 1. The third kappa shape index (κ3) is 3.44. The first-order chi connectivity index (χ1) is 7.95. The highest BCUT2D eigenvalue weighted by molar-refractivity contribution is 8.00. The van der Waals surface area contributed by atoms with Crippen molar-refractivity contribution in [1.82, 2.24) is 0 Å². The maximum atomic E-state index is 10.9. The van der Waals surface area contributed by atoms with Crippen molar-refractivity contribution in [2.75, 3.05) is 0 Å². The number of hydrogen-bond acceptors (Lipinski definition) is 5. The summed E-state index contributed by atoms with van der Waals surface area (Å²) in [6, 6.07) is 6.18. The van der Waals surface area contributed by atoms with Gasteiger partial charge in [0.15, 0.2) is 0 Å². The fourth-order valence-electron chi connectivity index (χ4n) is 1.13. The molecule has 0 amide bonds. The van der Waals surface area contributed by atoms with Gasteiger partial charge >= 0.3 is 0 Å². The van der Waals surface area contributed by atoms with E-state index in [1.807, 2.05) is 6.07 Å². The van der Waals surface area contributed by atoms with Gasteiger partial charge in [-0.15, -0.1) is 11.8 Å².